The van der Waals surface area contributed by atoms with E-state index in [1.54, 1.807) is 7.11 Å². The van der Waals surface area contributed by atoms with Crippen LogP contribution in [0.2, 0.25) is 0 Å². The number of ether oxygens (including phenoxy) is 2. The predicted octanol–water partition coefficient (Wildman–Crippen LogP) is 5.19. The topological polar surface area (TPSA) is 18.5 Å². The van der Waals surface area contributed by atoms with E-state index in [1.807, 2.05) is 18.2 Å². The van der Waals surface area contributed by atoms with E-state index < -0.39 is 0 Å². The molecule has 2 atom stereocenters. The van der Waals surface area contributed by atoms with Gasteiger partial charge in [-0.2, -0.15) is 0 Å². The summed E-state index contributed by atoms with van der Waals surface area (Å²) in [5.41, 5.74) is 1.13. The van der Waals surface area contributed by atoms with Crippen LogP contribution >= 0.6 is 27.5 Å². The summed E-state index contributed by atoms with van der Waals surface area (Å²) >= 11 is 9.98. The normalized spacial score (nSPS) is 14.2. The lowest BCUT2D eigenvalue weighted by Crippen LogP contribution is -2.05. The Balaban J connectivity index is 2.64. The van der Waals surface area contributed by atoms with Gasteiger partial charge in [0, 0.05) is 7.11 Å². The molecule has 0 aliphatic rings. The third-order valence-corrected chi connectivity index (χ3v) is 4.22. The molecule has 4 heteroatoms. The molecule has 1 rings (SSSR count). The van der Waals surface area contributed by atoms with Gasteiger partial charge in [0.2, 0.25) is 0 Å². The monoisotopic (exact) mass is 348 g/mol. The first kappa shape index (κ1) is 16.8. The van der Waals surface area contributed by atoms with Gasteiger partial charge in [-0.3, -0.25) is 0 Å². The minimum Gasteiger partial charge on any atom is -0.490 e. The van der Waals surface area contributed by atoms with Crippen molar-refractivity contribution in [2.24, 2.45) is 5.92 Å². The van der Waals surface area contributed by atoms with Crippen molar-refractivity contribution in [2.75, 3.05) is 20.3 Å². The molecule has 0 spiro atoms. The van der Waals surface area contributed by atoms with Gasteiger partial charge in [0.05, 0.1) is 16.5 Å². The molecule has 2 nitrogen and oxygen atoms in total. The van der Waals surface area contributed by atoms with Crippen LogP contribution < -0.4 is 4.74 Å². The maximum atomic E-state index is 6.45. The van der Waals surface area contributed by atoms with Crippen molar-refractivity contribution in [2.45, 2.75) is 32.1 Å². The lowest BCUT2D eigenvalue weighted by molar-refractivity contribution is 0.146. The van der Waals surface area contributed by atoms with Crippen molar-refractivity contribution >= 4 is 27.5 Å². The fourth-order valence-corrected chi connectivity index (χ4v) is 2.67. The van der Waals surface area contributed by atoms with Crippen LogP contribution in [0.4, 0.5) is 0 Å². The molecule has 0 fully saturated rings. The molecule has 1 aromatic carbocycles. The van der Waals surface area contributed by atoms with E-state index in [-0.39, 0.29) is 5.38 Å². The standard InChI is InChI=1S/C15H22BrClO2/c1-4-11(2)9-14(17)12-5-6-15(13(16)10-12)19-8-7-18-3/h5-6,10-11,14H,4,7-9H2,1-3H3. The third-order valence-electron chi connectivity index (χ3n) is 3.17. The Morgan fingerprint density at radius 3 is 2.63 bits per heavy atom. The van der Waals surface area contributed by atoms with Crippen LogP contribution in [0, 0.1) is 5.92 Å². The van der Waals surface area contributed by atoms with Crippen LogP contribution in [-0.2, 0) is 4.74 Å². The molecule has 0 saturated carbocycles. The van der Waals surface area contributed by atoms with Gasteiger partial charge in [0.25, 0.3) is 0 Å². The number of benzene rings is 1. The lowest BCUT2D eigenvalue weighted by Gasteiger charge is -2.16. The second-order valence-electron chi connectivity index (χ2n) is 4.75. The van der Waals surface area contributed by atoms with E-state index >= 15 is 0 Å². The average molecular weight is 350 g/mol. The van der Waals surface area contributed by atoms with Gasteiger partial charge >= 0.3 is 0 Å². The summed E-state index contributed by atoms with van der Waals surface area (Å²) in [7, 11) is 1.66. The van der Waals surface area contributed by atoms with E-state index in [4.69, 9.17) is 21.1 Å². The molecular formula is C15H22BrClO2. The molecule has 0 radical (unpaired) electrons. The summed E-state index contributed by atoms with van der Waals surface area (Å²) in [6.45, 7) is 5.55. The van der Waals surface area contributed by atoms with Gasteiger partial charge < -0.3 is 9.47 Å². The van der Waals surface area contributed by atoms with Crippen LogP contribution in [0.25, 0.3) is 0 Å². The molecule has 19 heavy (non-hydrogen) atoms. The number of hydrogen-bond acceptors (Lipinski definition) is 2. The Morgan fingerprint density at radius 2 is 2.05 bits per heavy atom. The maximum Gasteiger partial charge on any atom is 0.133 e. The van der Waals surface area contributed by atoms with Crippen molar-refractivity contribution < 1.29 is 9.47 Å². The van der Waals surface area contributed by atoms with Crippen molar-refractivity contribution in [3.8, 4) is 5.75 Å². The Morgan fingerprint density at radius 1 is 1.32 bits per heavy atom. The summed E-state index contributed by atoms with van der Waals surface area (Å²) in [5, 5.41) is 0.0549. The van der Waals surface area contributed by atoms with Crippen molar-refractivity contribution in [1.29, 1.82) is 0 Å². The smallest absolute Gasteiger partial charge is 0.133 e. The summed E-state index contributed by atoms with van der Waals surface area (Å²) in [5.74, 6) is 1.46. The van der Waals surface area contributed by atoms with E-state index in [0.29, 0.717) is 19.1 Å². The first-order valence-electron chi connectivity index (χ1n) is 6.63. The van der Waals surface area contributed by atoms with Crippen molar-refractivity contribution in [1.82, 2.24) is 0 Å². The van der Waals surface area contributed by atoms with Crippen LogP contribution in [0.5, 0.6) is 5.75 Å². The second-order valence-corrected chi connectivity index (χ2v) is 6.13. The van der Waals surface area contributed by atoms with Crippen LogP contribution in [0.15, 0.2) is 22.7 Å². The average Bonchev–Trinajstić information content (AvgIpc) is 2.40. The fourth-order valence-electron chi connectivity index (χ4n) is 1.72. The molecule has 2 unspecified atom stereocenters. The second kappa shape index (κ2) is 8.83. The zero-order chi connectivity index (χ0) is 14.3. The van der Waals surface area contributed by atoms with Gasteiger partial charge in [-0.1, -0.05) is 26.3 Å². The predicted molar refractivity (Wildman–Crippen MR) is 84.2 cm³/mol. The van der Waals surface area contributed by atoms with Gasteiger partial charge in [0.1, 0.15) is 12.4 Å². The Kier molecular flexibility index (Phi) is 7.81. The molecule has 0 N–H and O–H groups in total. The molecule has 0 saturated heterocycles. The summed E-state index contributed by atoms with van der Waals surface area (Å²) in [6.07, 6.45) is 2.15. The van der Waals surface area contributed by atoms with E-state index in [9.17, 15) is 0 Å². The summed E-state index contributed by atoms with van der Waals surface area (Å²) in [4.78, 5) is 0. The maximum absolute atomic E-state index is 6.45. The molecule has 0 aromatic heterocycles. The highest BCUT2D eigenvalue weighted by atomic mass is 79.9. The van der Waals surface area contributed by atoms with Gasteiger partial charge in [0.15, 0.2) is 0 Å². The zero-order valence-corrected chi connectivity index (χ0v) is 14.1. The molecule has 0 bridgehead atoms. The zero-order valence-electron chi connectivity index (χ0n) is 11.8. The molecular weight excluding hydrogens is 328 g/mol. The van der Waals surface area contributed by atoms with Crippen LogP contribution in [0.1, 0.15) is 37.6 Å². The van der Waals surface area contributed by atoms with Gasteiger partial charge in [-0.15, -0.1) is 11.6 Å². The SMILES string of the molecule is CCC(C)CC(Cl)c1ccc(OCCOC)c(Br)c1. The molecule has 0 aliphatic carbocycles. The quantitative estimate of drug-likeness (QED) is 0.475. The molecule has 0 heterocycles. The first-order valence-corrected chi connectivity index (χ1v) is 7.86. The number of hydrogen-bond donors (Lipinski definition) is 0. The van der Waals surface area contributed by atoms with Gasteiger partial charge in [-0.25, -0.2) is 0 Å². The van der Waals surface area contributed by atoms with Crippen molar-refractivity contribution in [3.63, 3.8) is 0 Å². The number of rotatable bonds is 8. The molecule has 0 amide bonds. The Labute approximate surface area is 129 Å². The van der Waals surface area contributed by atoms with Crippen molar-refractivity contribution in [3.05, 3.63) is 28.2 Å². The summed E-state index contributed by atoms with van der Waals surface area (Å²) < 4.78 is 11.5. The van der Waals surface area contributed by atoms with E-state index in [0.717, 1.165) is 28.6 Å². The number of alkyl halides is 1. The Hall–Kier alpha value is -0.250. The molecule has 108 valence electrons. The van der Waals surface area contributed by atoms with Crippen LogP contribution in [-0.4, -0.2) is 20.3 Å². The largest absolute Gasteiger partial charge is 0.490 e. The molecule has 1 aromatic rings. The van der Waals surface area contributed by atoms with E-state index in [1.165, 1.54) is 0 Å². The summed E-state index contributed by atoms with van der Waals surface area (Å²) in [6, 6.07) is 6.04. The highest BCUT2D eigenvalue weighted by Gasteiger charge is 2.13. The first-order chi connectivity index (χ1) is 9.08. The Bertz CT molecular complexity index is 384. The minimum atomic E-state index is 0.0549. The fraction of sp³-hybridized carbons (Fsp3) is 0.600. The highest BCUT2D eigenvalue weighted by Crippen LogP contribution is 2.34. The number of halogens is 2. The minimum absolute atomic E-state index is 0.0549. The third kappa shape index (κ3) is 5.72. The van der Waals surface area contributed by atoms with Crippen LogP contribution in [0.3, 0.4) is 0 Å². The lowest BCUT2D eigenvalue weighted by atomic mass is 9.98. The molecule has 0 aliphatic heterocycles. The van der Waals surface area contributed by atoms with E-state index in [2.05, 4.69) is 29.8 Å². The highest BCUT2D eigenvalue weighted by molar-refractivity contribution is 9.10. The number of methoxy groups -OCH3 is 1. The van der Waals surface area contributed by atoms with Gasteiger partial charge in [-0.05, 0) is 46.0 Å².